The van der Waals surface area contributed by atoms with Crippen molar-refractivity contribution in [2.45, 2.75) is 52.3 Å². The molecular weight excluding hydrogens is 299 g/mol. The van der Waals surface area contributed by atoms with Gasteiger partial charge < -0.3 is 20.6 Å². The highest BCUT2D eigenvalue weighted by molar-refractivity contribution is 7.47. The van der Waals surface area contributed by atoms with Crippen LogP contribution in [0.1, 0.15) is 34.1 Å². The summed E-state index contributed by atoms with van der Waals surface area (Å²) < 4.78 is 20.9. The molecule has 0 saturated heterocycles. The second kappa shape index (κ2) is 10.3. The van der Waals surface area contributed by atoms with Gasteiger partial charge in [0.2, 0.25) is 5.91 Å². The molecule has 0 heterocycles. The van der Waals surface area contributed by atoms with Crippen LogP contribution in [0.25, 0.3) is 0 Å². The first kappa shape index (κ1) is 20.5. The number of amides is 1. The summed E-state index contributed by atoms with van der Waals surface area (Å²) in [5, 5.41) is 14.8. The molecule has 0 rings (SSSR count). The number of carbonyl (C=O) groups is 1. The monoisotopic (exact) mass is 326 g/mol. The molecule has 0 fully saturated rings. The van der Waals surface area contributed by atoms with Gasteiger partial charge in [-0.15, -0.1) is 0 Å². The van der Waals surface area contributed by atoms with Crippen molar-refractivity contribution in [3.8, 4) is 0 Å². The minimum absolute atomic E-state index is 0.244. The van der Waals surface area contributed by atoms with Crippen LogP contribution in [0.2, 0.25) is 0 Å². The predicted molar refractivity (Wildman–Crippen MR) is 78.8 cm³/mol. The van der Waals surface area contributed by atoms with Crippen LogP contribution in [0.15, 0.2) is 0 Å². The van der Waals surface area contributed by atoms with Crippen LogP contribution in [-0.2, 0) is 18.4 Å². The van der Waals surface area contributed by atoms with E-state index >= 15 is 0 Å². The van der Waals surface area contributed by atoms with Crippen LogP contribution in [-0.4, -0.2) is 53.9 Å². The largest absolute Gasteiger partial charge is 0.472 e. The molecule has 0 bridgehead atoms. The van der Waals surface area contributed by atoms with E-state index in [1.165, 1.54) is 0 Å². The molecule has 0 aliphatic heterocycles. The van der Waals surface area contributed by atoms with Crippen LogP contribution < -0.4 is 10.6 Å². The highest BCUT2D eigenvalue weighted by atomic mass is 31.2. The molecule has 8 nitrogen and oxygen atoms in total. The highest BCUT2D eigenvalue weighted by Crippen LogP contribution is 2.44. The van der Waals surface area contributed by atoms with Gasteiger partial charge in [0.15, 0.2) is 0 Å². The van der Waals surface area contributed by atoms with E-state index in [1.54, 1.807) is 13.8 Å². The molecule has 1 amide bonds. The van der Waals surface area contributed by atoms with Crippen molar-refractivity contribution < 1.29 is 28.4 Å². The maximum atomic E-state index is 11.6. The van der Waals surface area contributed by atoms with Crippen LogP contribution >= 0.6 is 7.82 Å². The van der Waals surface area contributed by atoms with E-state index in [9.17, 15) is 14.3 Å². The zero-order chi connectivity index (χ0) is 16.5. The number of rotatable bonds is 11. The van der Waals surface area contributed by atoms with Gasteiger partial charge in [0.05, 0.1) is 25.4 Å². The molecule has 0 aromatic rings. The van der Waals surface area contributed by atoms with Crippen molar-refractivity contribution in [1.82, 2.24) is 10.6 Å². The molecule has 0 aromatic heterocycles. The summed E-state index contributed by atoms with van der Waals surface area (Å²) in [5.41, 5.74) is 0. The van der Waals surface area contributed by atoms with Crippen LogP contribution in [0.3, 0.4) is 0 Å². The van der Waals surface area contributed by atoms with Gasteiger partial charge >= 0.3 is 7.82 Å². The third-order valence-corrected chi connectivity index (χ3v) is 3.44. The van der Waals surface area contributed by atoms with Gasteiger partial charge in [0.25, 0.3) is 0 Å². The first-order chi connectivity index (χ1) is 9.66. The maximum absolute atomic E-state index is 11.6. The summed E-state index contributed by atoms with van der Waals surface area (Å²) in [6, 6.07) is -0.476. The number of phosphoric ester groups is 1. The number of aliphatic hydroxyl groups excluding tert-OH is 1. The van der Waals surface area contributed by atoms with Gasteiger partial charge in [-0.05, 0) is 13.8 Å². The van der Waals surface area contributed by atoms with Crippen molar-refractivity contribution >= 4 is 13.7 Å². The van der Waals surface area contributed by atoms with Gasteiger partial charge in [-0.3, -0.25) is 13.8 Å². The molecule has 0 aliphatic rings. The Labute approximate surface area is 125 Å². The van der Waals surface area contributed by atoms with Crippen molar-refractivity contribution in [3.63, 3.8) is 0 Å². The number of hydrogen-bond donors (Lipinski definition) is 4. The Bertz CT molecular complexity index is 351. The topological polar surface area (TPSA) is 117 Å². The number of nitrogens with one attached hydrogen (secondary N) is 2. The Kier molecular flexibility index (Phi) is 10.0. The standard InChI is InChI=1S/C12H27N2O6P/c1-9(2)13-6-5-12(16)14-11(7-15)8-19-21(17,18)20-10(3)4/h9-11,13,15H,5-8H2,1-4H3,(H,14,16)(H,17,18). The Balaban J connectivity index is 4.10. The van der Waals surface area contributed by atoms with E-state index in [1.807, 2.05) is 13.8 Å². The second-order valence-corrected chi connectivity index (χ2v) is 6.63. The summed E-state index contributed by atoms with van der Waals surface area (Å²) in [6.45, 7) is 6.94. The third kappa shape index (κ3) is 11.8. The zero-order valence-corrected chi connectivity index (χ0v) is 13.9. The lowest BCUT2D eigenvalue weighted by atomic mass is 10.3. The molecule has 2 unspecified atom stereocenters. The molecule has 0 saturated carbocycles. The quantitative estimate of drug-likeness (QED) is 0.406. The first-order valence-corrected chi connectivity index (χ1v) is 8.45. The molecule has 9 heteroatoms. The van der Waals surface area contributed by atoms with Gasteiger partial charge in [0.1, 0.15) is 0 Å². The van der Waals surface area contributed by atoms with E-state index < -0.39 is 26.6 Å². The lowest BCUT2D eigenvalue weighted by molar-refractivity contribution is -0.122. The number of aliphatic hydroxyl groups is 1. The van der Waals surface area contributed by atoms with Crippen molar-refractivity contribution in [3.05, 3.63) is 0 Å². The Hall–Kier alpha value is -0.500. The normalized spacial score (nSPS) is 16.0. The zero-order valence-electron chi connectivity index (χ0n) is 13.0. The average Bonchev–Trinajstić information content (AvgIpc) is 2.32. The predicted octanol–water partition coefficient (Wildman–Crippen LogP) is 0.394. The molecule has 0 spiro atoms. The van der Waals surface area contributed by atoms with E-state index in [0.29, 0.717) is 6.54 Å². The smallest absolute Gasteiger partial charge is 0.394 e. The molecule has 0 aromatic carbocycles. The molecular formula is C12H27N2O6P. The summed E-state index contributed by atoms with van der Waals surface area (Å²) in [4.78, 5) is 21.0. The van der Waals surface area contributed by atoms with E-state index in [2.05, 4.69) is 10.6 Å². The average molecular weight is 326 g/mol. The van der Waals surface area contributed by atoms with E-state index in [0.717, 1.165) is 0 Å². The number of hydrogen-bond acceptors (Lipinski definition) is 6. The lowest BCUT2D eigenvalue weighted by Crippen LogP contribution is -2.42. The Morgan fingerprint density at radius 2 is 1.90 bits per heavy atom. The Morgan fingerprint density at radius 1 is 1.29 bits per heavy atom. The molecule has 2 atom stereocenters. The summed E-state index contributed by atoms with van der Waals surface area (Å²) in [7, 11) is -4.17. The van der Waals surface area contributed by atoms with E-state index in [4.69, 9.17) is 14.2 Å². The fraction of sp³-hybridized carbons (Fsp3) is 0.917. The SMILES string of the molecule is CC(C)NCCC(=O)NC(CO)COP(=O)(O)OC(C)C. The van der Waals surface area contributed by atoms with Gasteiger partial charge in [0, 0.05) is 19.0 Å². The van der Waals surface area contributed by atoms with Crippen molar-refractivity contribution in [2.24, 2.45) is 0 Å². The second-order valence-electron chi connectivity index (χ2n) is 5.22. The van der Waals surface area contributed by atoms with Gasteiger partial charge in [-0.25, -0.2) is 4.57 Å². The lowest BCUT2D eigenvalue weighted by Gasteiger charge is -2.19. The minimum atomic E-state index is -4.17. The summed E-state index contributed by atoms with van der Waals surface area (Å²) >= 11 is 0. The maximum Gasteiger partial charge on any atom is 0.472 e. The van der Waals surface area contributed by atoms with Gasteiger partial charge in [-0.1, -0.05) is 13.8 Å². The van der Waals surface area contributed by atoms with Gasteiger partial charge in [-0.2, -0.15) is 0 Å². The van der Waals surface area contributed by atoms with Crippen molar-refractivity contribution in [2.75, 3.05) is 19.8 Å². The van der Waals surface area contributed by atoms with Crippen molar-refractivity contribution in [1.29, 1.82) is 0 Å². The number of carbonyl (C=O) groups excluding carboxylic acids is 1. The fourth-order valence-corrected chi connectivity index (χ4v) is 2.36. The minimum Gasteiger partial charge on any atom is -0.394 e. The summed E-state index contributed by atoms with van der Waals surface area (Å²) in [5.74, 6) is -0.275. The summed E-state index contributed by atoms with van der Waals surface area (Å²) in [6.07, 6.45) is -0.223. The number of phosphoric acid groups is 1. The molecule has 4 N–H and O–H groups in total. The Morgan fingerprint density at radius 3 is 2.38 bits per heavy atom. The van der Waals surface area contributed by atoms with Crippen LogP contribution in [0.4, 0.5) is 0 Å². The van der Waals surface area contributed by atoms with Crippen LogP contribution in [0, 0.1) is 0 Å². The third-order valence-electron chi connectivity index (χ3n) is 2.27. The molecule has 0 aliphatic carbocycles. The highest BCUT2D eigenvalue weighted by Gasteiger charge is 2.25. The fourth-order valence-electron chi connectivity index (χ4n) is 1.40. The van der Waals surface area contributed by atoms with E-state index in [-0.39, 0.29) is 25.0 Å². The molecule has 0 radical (unpaired) electrons. The molecule has 21 heavy (non-hydrogen) atoms. The molecule has 126 valence electrons. The first-order valence-electron chi connectivity index (χ1n) is 6.95. The van der Waals surface area contributed by atoms with Crippen LogP contribution in [0.5, 0.6) is 0 Å².